The van der Waals surface area contributed by atoms with Gasteiger partial charge in [-0.3, -0.25) is 0 Å². The van der Waals surface area contributed by atoms with Gasteiger partial charge in [-0.15, -0.1) is 0 Å². The minimum atomic E-state index is 0.792. The molecule has 1 aliphatic rings. The summed E-state index contributed by atoms with van der Waals surface area (Å²) in [6, 6.07) is 0. The summed E-state index contributed by atoms with van der Waals surface area (Å²) in [5.41, 5.74) is 0. The van der Waals surface area contributed by atoms with Gasteiger partial charge in [0.2, 0.25) is 0 Å². The molecule has 0 aliphatic carbocycles. The molecule has 0 aromatic rings. The van der Waals surface area contributed by atoms with E-state index in [1.807, 2.05) is 0 Å². The molecule has 12 heavy (non-hydrogen) atoms. The summed E-state index contributed by atoms with van der Waals surface area (Å²) in [5.74, 6) is 2.11. The lowest BCUT2D eigenvalue weighted by molar-refractivity contribution is 0.257. The number of nitrogens with zero attached hydrogens (tertiary/aromatic N) is 1. The zero-order chi connectivity index (χ0) is 8.97. The van der Waals surface area contributed by atoms with Gasteiger partial charge < -0.3 is 4.90 Å². The van der Waals surface area contributed by atoms with E-state index in [0.29, 0.717) is 0 Å². The molecule has 0 N–H and O–H groups in total. The highest BCUT2D eigenvalue weighted by Gasteiger charge is 2.17. The molecule has 2 atom stereocenters. The molecule has 0 spiro atoms. The standard InChI is InChI=1S/C9H18BrNS/c1-8(5-10)6-11-3-4-12-9(2)7-11/h8-9H,3-7H2,1-2H3. The normalized spacial score (nSPS) is 28.8. The van der Waals surface area contributed by atoms with Crippen LogP contribution in [0.2, 0.25) is 0 Å². The summed E-state index contributed by atoms with van der Waals surface area (Å²) in [4.78, 5) is 2.59. The SMILES string of the molecule is CC(CBr)CN1CCSC(C)C1. The van der Waals surface area contributed by atoms with E-state index in [1.54, 1.807) is 0 Å². The Hall–Kier alpha value is 0.790. The fourth-order valence-corrected chi connectivity index (χ4v) is 2.83. The maximum absolute atomic E-state index is 3.52. The van der Waals surface area contributed by atoms with Gasteiger partial charge in [0, 0.05) is 36.0 Å². The first-order chi connectivity index (χ1) is 5.72. The molecule has 72 valence electrons. The van der Waals surface area contributed by atoms with E-state index in [1.165, 1.54) is 25.4 Å². The Kier molecular flexibility index (Phi) is 4.99. The second kappa shape index (κ2) is 5.51. The number of alkyl halides is 1. The van der Waals surface area contributed by atoms with E-state index in [0.717, 1.165) is 16.5 Å². The van der Waals surface area contributed by atoms with E-state index in [2.05, 4.69) is 46.4 Å². The van der Waals surface area contributed by atoms with Gasteiger partial charge >= 0.3 is 0 Å². The Labute approximate surface area is 88.4 Å². The Bertz CT molecular complexity index is 132. The van der Waals surface area contributed by atoms with Crippen LogP contribution in [0.5, 0.6) is 0 Å². The van der Waals surface area contributed by atoms with E-state index in [9.17, 15) is 0 Å². The van der Waals surface area contributed by atoms with Crippen LogP contribution in [0.4, 0.5) is 0 Å². The van der Waals surface area contributed by atoms with Gasteiger partial charge in [0.1, 0.15) is 0 Å². The number of rotatable bonds is 3. The highest BCUT2D eigenvalue weighted by Crippen LogP contribution is 2.18. The van der Waals surface area contributed by atoms with Crippen LogP contribution in [0.3, 0.4) is 0 Å². The molecule has 1 saturated heterocycles. The third-order valence-electron chi connectivity index (χ3n) is 2.16. The monoisotopic (exact) mass is 251 g/mol. The van der Waals surface area contributed by atoms with Crippen molar-refractivity contribution < 1.29 is 0 Å². The molecular formula is C9H18BrNS. The minimum Gasteiger partial charge on any atom is -0.301 e. The lowest BCUT2D eigenvalue weighted by atomic mass is 10.2. The smallest absolute Gasteiger partial charge is 0.0147 e. The van der Waals surface area contributed by atoms with Crippen molar-refractivity contribution in [2.45, 2.75) is 19.1 Å². The van der Waals surface area contributed by atoms with Gasteiger partial charge in [0.05, 0.1) is 0 Å². The number of hydrogen-bond acceptors (Lipinski definition) is 2. The molecule has 1 heterocycles. The molecular weight excluding hydrogens is 234 g/mol. The highest BCUT2D eigenvalue weighted by atomic mass is 79.9. The molecule has 1 fully saturated rings. The fraction of sp³-hybridized carbons (Fsp3) is 1.00. The third-order valence-corrected chi connectivity index (χ3v) is 4.40. The third kappa shape index (κ3) is 3.67. The number of thioether (sulfide) groups is 1. The van der Waals surface area contributed by atoms with Crippen LogP contribution >= 0.6 is 27.7 Å². The Balaban J connectivity index is 2.22. The van der Waals surface area contributed by atoms with Gasteiger partial charge in [0.25, 0.3) is 0 Å². The Morgan fingerprint density at radius 1 is 1.67 bits per heavy atom. The molecule has 1 aliphatic heterocycles. The summed E-state index contributed by atoms with van der Waals surface area (Å²) >= 11 is 5.63. The van der Waals surface area contributed by atoms with E-state index in [-0.39, 0.29) is 0 Å². The number of hydrogen-bond donors (Lipinski definition) is 0. The summed E-state index contributed by atoms with van der Waals surface area (Å²) < 4.78 is 0. The Morgan fingerprint density at radius 3 is 3.00 bits per heavy atom. The molecule has 0 saturated carbocycles. The quantitative estimate of drug-likeness (QED) is 0.710. The lowest BCUT2D eigenvalue weighted by Crippen LogP contribution is -2.39. The second-order valence-electron chi connectivity index (χ2n) is 3.70. The first-order valence-corrected chi connectivity index (χ1v) is 6.79. The van der Waals surface area contributed by atoms with Crippen LogP contribution < -0.4 is 0 Å². The summed E-state index contributed by atoms with van der Waals surface area (Å²) in [6.45, 7) is 8.46. The second-order valence-corrected chi connectivity index (χ2v) is 5.89. The minimum absolute atomic E-state index is 0.792. The zero-order valence-corrected chi connectivity index (χ0v) is 10.3. The van der Waals surface area contributed by atoms with Crippen molar-refractivity contribution in [3.63, 3.8) is 0 Å². The van der Waals surface area contributed by atoms with Crippen molar-refractivity contribution in [2.24, 2.45) is 5.92 Å². The van der Waals surface area contributed by atoms with Crippen molar-refractivity contribution >= 4 is 27.7 Å². The molecule has 0 aromatic carbocycles. The van der Waals surface area contributed by atoms with E-state index < -0.39 is 0 Å². The lowest BCUT2D eigenvalue weighted by Gasteiger charge is -2.31. The van der Waals surface area contributed by atoms with E-state index in [4.69, 9.17) is 0 Å². The average Bonchev–Trinajstić information content (AvgIpc) is 2.04. The van der Waals surface area contributed by atoms with Crippen LogP contribution in [0.1, 0.15) is 13.8 Å². The zero-order valence-electron chi connectivity index (χ0n) is 7.92. The molecule has 1 rings (SSSR count). The van der Waals surface area contributed by atoms with Gasteiger partial charge in [-0.25, -0.2) is 0 Å². The van der Waals surface area contributed by atoms with Gasteiger partial charge in [-0.05, 0) is 5.92 Å². The van der Waals surface area contributed by atoms with Crippen molar-refractivity contribution in [3.8, 4) is 0 Å². The van der Waals surface area contributed by atoms with E-state index >= 15 is 0 Å². The van der Waals surface area contributed by atoms with Crippen LogP contribution in [-0.2, 0) is 0 Å². The summed E-state index contributed by atoms with van der Waals surface area (Å²) in [5, 5.41) is 1.96. The molecule has 0 radical (unpaired) electrons. The molecule has 3 heteroatoms. The molecule has 0 aromatic heterocycles. The maximum atomic E-state index is 3.52. The fourth-order valence-electron chi connectivity index (χ4n) is 1.55. The average molecular weight is 252 g/mol. The van der Waals surface area contributed by atoms with Gasteiger partial charge in [-0.2, -0.15) is 11.8 Å². The summed E-state index contributed by atoms with van der Waals surface area (Å²) in [6.07, 6.45) is 0. The first kappa shape index (κ1) is 10.9. The van der Waals surface area contributed by atoms with Crippen molar-refractivity contribution in [2.75, 3.05) is 30.7 Å². The maximum Gasteiger partial charge on any atom is 0.0147 e. The van der Waals surface area contributed by atoms with Crippen LogP contribution in [0.25, 0.3) is 0 Å². The highest BCUT2D eigenvalue weighted by molar-refractivity contribution is 9.09. The van der Waals surface area contributed by atoms with Crippen molar-refractivity contribution in [1.82, 2.24) is 4.90 Å². The van der Waals surface area contributed by atoms with Crippen LogP contribution in [-0.4, -0.2) is 40.9 Å². The van der Waals surface area contributed by atoms with Gasteiger partial charge in [-0.1, -0.05) is 29.8 Å². The largest absolute Gasteiger partial charge is 0.301 e. The molecule has 0 bridgehead atoms. The van der Waals surface area contributed by atoms with Gasteiger partial charge in [0.15, 0.2) is 0 Å². The van der Waals surface area contributed by atoms with Crippen molar-refractivity contribution in [3.05, 3.63) is 0 Å². The topological polar surface area (TPSA) is 3.24 Å². The molecule has 0 amide bonds. The molecule has 2 unspecified atom stereocenters. The number of halogens is 1. The summed E-state index contributed by atoms with van der Waals surface area (Å²) in [7, 11) is 0. The molecule has 1 nitrogen and oxygen atoms in total. The van der Waals surface area contributed by atoms with Crippen LogP contribution in [0, 0.1) is 5.92 Å². The van der Waals surface area contributed by atoms with Crippen LogP contribution in [0.15, 0.2) is 0 Å². The Morgan fingerprint density at radius 2 is 2.42 bits per heavy atom. The van der Waals surface area contributed by atoms with Crippen molar-refractivity contribution in [1.29, 1.82) is 0 Å². The first-order valence-electron chi connectivity index (χ1n) is 4.62. The predicted molar refractivity (Wildman–Crippen MR) is 61.3 cm³/mol. The predicted octanol–water partition coefficient (Wildman–Crippen LogP) is 2.45.